The minimum atomic E-state index is -0.686. The van der Waals surface area contributed by atoms with Crippen LogP contribution in [0, 0.1) is 17.8 Å². The van der Waals surface area contributed by atoms with E-state index in [0.29, 0.717) is 13.2 Å². The van der Waals surface area contributed by atoms with Gasteiger partial charge in [0, 0.05) is 13.0 Å². The van der Waals surface area contributed by atoms with Gasteiger partial charge in [0.2, 0.25) is 0 Å². The molecule has 1 aliphatic rings. The molecule has 1 heterocycles. The van der Waals surface area contributed by atoms with Gasteiger partial charge >= 0.3 is 5.97 Å². The van der Waals surface area contributed by atoms with Gasteiger partial charge in [-0.1, -0.05) is 86.4 Å². The van der Waals surface area contributed by atoms with Gasteiger partial charge < -0.3 is 18.9 Å². The topological polar surface area (TPSA) is 54.0 Å². The molecule has 0 spiro atoms. The molecule has 3 rings (SSSR count). The lowest BCUT2D eigenvalue weighted by molar-refractivity contribution is -0.232. The first-order valence-electron chi connectivity index (χ1n) is 10.1. The Hall–Kier alpha value is -2.65. The molecule has 2 aromatic carbocycles. The number of benzene rings is 2. The molecular formula is C25H28O5. The van der Waals surface area contributed by atoms with E-state index in [2.05, 4.69) is 11.8 Å². The fourth-order valence-electron chi connectivity index (χ4n) is 3.14. The van der Waals surface area contributed by atoms with E-state index < -0.39 is 30.4 Å². The number of esters is 1. The molecule has 0 N–H and O–H groups in total. The highest BCUT2D eigenvalue weighted by Gasteiger charge is 2.51. The minimum absolute atomic E-state index is 0.171. The SMILES string of the molecule is CO[C@H]1C(=O)O[C@@H]1[C@@H](OCc1ccccc1)[C@@H](C#CC(C)C)OCc1ccccc1. The summed E-state index contributed by atoms with van der Waals surface area (Å²) in [6, 6.07) is 19.7. The lowest BCUT2D eigenvalue weighted by atomic mass is 9.97. The Morgan fingerprint density at radius 1 is 0.900 bits per heavy atom. The Balaban J connectivity index is 1.80. The van der Waals surface area contributed by atoms with Crippen LogP contribution in [0.2, 0.25) is 0 Å². The average molecular weight is 408 g/mol. The van der Waals surface area contributed by atoms with Gasteiger partial charge in [0.15, 0.2) is 12.2 Å². The number of methoxy groups -OCH3 is 1. The van der Waals surface area contributed by atoms with Gasteiger partial charge in [-0.2, -0.15) is 0 Å². The number of rotatable bonds is 9. The first-order valence-corrected chi connectivity index (χ1v) is 10.1. The Morgan fingerprint density at radius 3 is 1.97 bits per heavy atom. The molecule has 5 nitrogen and oxygen atoms in total. The zero-order chi connectivity index (χ0) is 21.3. The van der Waals surface area contributed by atoms with Crippen LogP contribution in [-0.4, -0.2) is 37.5 Å². The van der Waals surface area contributed by atoms with Crippen LogP contribution in [-0.2, 0) is 37.0 Å². The Bertz CT molecular complexity index is 853. The molecule has 5 heteroatoms. The summed E-state index contributed by atoms with van der Waals surface area (Å²) in [4.78, 5) is 11.8. The van der Waals surface area contributed by atoms with Gasteiger partial charge in [0.1, 0.15) is 12.2 Å². The van der Waals surface area contributed by atoms with Crippen molar-refractivity contribution in [2.75, 3.05) is 7.11 Å². The summed E-state index contributed by atoms with van der Waals surface area (Å²) >= 11 is 0. The highest BCUT2D eigenvalue weighted by atomic mass is 16.7. The van der Waals surface area contributed by atoms with Gasteiger partial charge in [-0.25, -0.2) is 4.79 Å². The molecule has 0 aliphatic carbocycles. The summed E-state index contributed by atoms with van der Waals surface area (Å²) in [6.45, 7) is 4.76. The third-order valence-electron chi connectivity index (χ3n) is 4.73. The maximum absolute atomic E-state index is 11.8. The molecule has 1 fully saturated rings. The second-order valence-corrected chi connectivity index (χ2v) is 7.48. The van der Waals surface area contributed by atoms with Crippen molar-refractivity contribution < 1.29 is 23.7 Å². The molecule has 0 aromatic heterocycles. The van der Waals surface area contributed by atoms with E-state index in [1.165, 1.54) is 7.11 Å². The summed E-state index contributed by atoms with van der Waals surface area (Å²) in [6.07, 6.45) is -2.42. The van der Waals surface area contributed by atoms with Crippen molar-refractivity contribution in [1.82, 2.24) is 0 Å². The van der Waals surface area contributed by atoms with Crippen LogP contribution in [0.25, 0.3) is 0 Å². The second kappa shape index (κ2) is 10.9. The van der Waals surface area contributed by atoms with Crippen LogP contribution in [0.5, 0.6) is 0 Å². The lowest BCUT2D eigenvalue weighted by Crippen LogP contribution is -2.60. The van der Waals surface area contributed by atoms with Crippen LogP contribution in [0.1, 0.15) is 25.0 Å². The quantitative estimate of drug-likeness (QED) is 0.467. The van der Waals surface area contributed by atoms with Crippen LogP contribution >= 0.6 is 0 Å². The molecule has 0 unspecified atom stereocenters. The van der Waals surface area contributed by atoms with E-state index in [-0.39, 0.29) is 5.92 Å². The molecule has 0 radical (unpaired) electrons. The molecule has 4 atom stereocenters. The van der Waals surface area contributed by atoms with Crippen LogP contribution in [0.4, 0.5) is 0 Å². The predicted molar refractivity (Wildman–Crippen MR) is 113 cm³/mol. The van der Waals surface area contributed by atoms with Crippen molar-refractivity contribution in [2.45, 2.75) is 51.5 Å². The number of hydrogen-bond acceptors (Lipinski definition) is 5. The molecular weight excluding hydrogens is 380 g/mol. The number of carbonyl (C=O) groups is 1. The van der Waals surface area contributed by atoms with Gasteiger partial charge in [0.05, 0.1) is 13.2 Å². The molecule has 30 heavy (non-hydrogen) atoms. The normalized spacial score (nSPS) is 19.9. The standard InChI is InChI=1S/C25H28O5/c1-18(2)14-15-21(28-16-19-10-6-4-7-11-19)22(23-24(27-3)25(26)30-23)29-17-20-12-8-5-9-13-20/h4-13,18,21-24H,16-17H2,1-3H3/t21-,22+,23-,24-/m1/s1. The third kappa shape index (κ3) is 5.93. The van der Waals surface area contributed by atoms with Gasteiger partial charge in [-0.05, 0) is 11.1 Å². The smallest absolute Gasteiger partial charge is 0.339 e. The van der Waals surface area contributed by atoms with Crippen LogP contribution in [0.15, 0.2) is 60.7 Å². The van der Waals surface area contributed by atoms with Crippen molar-refractivity contribution in [3.63, 3.8) is 0 Å². The molecule has 0 amide bonds. The van der Waals surface area contributed by atoms with Crippen molar-refractivity contribution >= 4 is 5.97 Å². The van der Waals surface area contributed by atoms with Crippen LogP contribution < -0.4 is 0 Å². The number of carbonyl (C=O) groups excluding carboxylic acids is 1. The van der Waals surface area contributed by atoms with E-state index in [1.807, 2.05) is 74.5 Å². The number of ether oxygens (including phenoxy) is 4. The lowest BCUT2D eigenvalue weighted by Gasteiger charge is -2.40. The first kappa shape index (κ1) is 22.0. The number of cyclic esters (lactones) is 1. The summed E-state index contributed by atoms with van der Waals surface area (Å²) < 4.78 is 23.1. The maximum Gasteiger partial charge on any atom is 0.339 e. The number of hydrogen-bond donors (Lipinski definition) is 0. The Morgan fingerprint density at radius 2 is 1.47 bits per heavy atom. The Kier molecular flexibility index (Phi) is 8.04. The predicted octanol–water partition coefficient (Wildman–Crippen LogP) is 3.76. The van der Waals surface area contributed by atoms with E-state index in [0.717, 1.165) is 11.1 Å². The van der Waals surface area contributed by atoms with Gasteiger partial charge in [0.25, 0.3) is 0 Å². The van der Waals surface area contributed by atoms with Crippen LogP contribution in [0.3, 0.4) is 0 Å². The van der Waals surface area contributed by atoms with Crippen molar-refractivity contribution in [2.24, 2.45) is 5.92 Å². The first-order chi connectivity index (χ1) is 14.6. The van der Waals surface area contributed by atoms with E-state index in [1.54, 1.807) is 0 Å². The summed E-state index contributed by atoms with van der Waals surface area (Å²) in [5.74, 6) is 6.14. The fraction of sp³-hybridized carbons (Fsp3) is 0.400. The molecule has 2 aromatic rings. The zero-order valence-corrected chi connectivity index (χ0v) is 17.6. The van der Waals surface area contributed by atoms with Gasteiger partial charge in [-0.15, -0.1) is 0 Å². The average Bonchev–Trinajstić information content (AvgIpc) is 2.75. The molecule has 158 valence electrons. The molecule has 1 aliphatic heterocycles. The van der Waals surface area contributed by atoms with E-state index in [9.17, 15) is 4.79 Å². The Labute approximate surface area is 178 Å². The largest absolute Gasteiger partial charge is 0.454 e. The van der Waals surface area contributed by atoms with Crippen molar-refractivity contribution in [1.29, 1.82) is 0 Å². The summed E-state index contributed by atoms with van der Waals surface area (Å²) in [5, 5.41) is 0. The van der Waals surface area contributed by atoms with Crippen molar-refractivity contribution in [3.05, 3.63) is 71.8 Å². The monoisotopic (exact) mass is 408 g/mol. The molecule has 1 saturated heterocycles. The summed E-state index contributed by atoms with van der Waals surface area (Å²) in [7, 11) is 1.49. The second-order valence-electron chi connectivity index (χ2n) is 7.48. The fourth-order valence-corrected chi connectivity index (χ4v) is 3.14. The third-order valence-corrected chi connectivity index (χ3v) is 4.73. The highest BCUT2D eigenvalue weighted by molar-refractivity contribution is 5.81. The van der Waals surface area contributed by atoms with Crippen molar-refractivity contribution in [3.8, 4) is 11.8 Å². The molecule has 0 saturated carbocycles. The highest BCUT2D eigenvalue weighted by Crippen LogP contribution is 2.27. The minimum Gasteiger partial charge on any atom is -0.454 e. The van der Waals surface area contributed by atoms with E-state index >= 15 is 0 Å². The van der Waals surface area contributed by atoms with Gasteiger partial charge in [-0.3, -0.25) is 0 Å². The summed E-state index contributed by atoms with van der Waals surface area (Å²) in [5.41, 5.74) is 2.05. The zero-order valence-electron chi connectivity index (χ0n) is 17.6. The van der Waals surface area contributed by atoms with E-state index in [4.69, 9.17) is 18.9 Å². The molecule has 0 bridgehead atoms. The maximum atomic E-state index is 11.8.